The number of aliphatic hydroxyl groups is 1. The molecule has 1 aromatic carbocycles. The molecule has 0 saturated carbocycles. The lowest BCUT2D eigenvalue weighted by molar-refractivity contribution is 0.0220. The molecule has 0 amide bonds. The van der Waals surface area contributed by atoms with Gasteiger partial charge in [-0.3, -0.25) is 4.90 Å². The molecule has 18 heavy (non-hydrogen) atoms. The molecule has 0 spiro atoms. The molecule has 1 fully saturated rings. The fraction of sp³-hybridized carbons (Fsp3) is 0.600. The molecule has 2 heterocycles. The van der Waals surface area contributed by atoms with Crippen LogP contribution in [-0.2, 0) is 13.0 Å². The van der Waals surface area contributed by atoms with Gasteiger partial charge in [-0.1, -0.05) is 23.8 Å². The number of rotatable bonds is 1. The zero-order valence-corrected chi connectivity index (χ0v) is 11.0. The minimum atomic E-state index is -0.217. The molecule has 3 rings (SSSR count). The van der Waals surface area contributed by atoms with Gasteiger partial charge in [-0.2, -0.15) is 0 Å². The van der Waals surface area contributed by atoms with E-state index < -0.39 is 0 Å². The van der Waals surface area contributed by atoms with E-state index >= 15 is 0 Å². The van der Waals surface area contributed by atoms with Crippen LogP contribution in [-0.4, -0.2) is 41.8 Å². The van der Waals surface area contributed by atoms with E-state index in [1.165, 1.54) is 16.7 Å². The first kappa shape index (κ1) is 12.2. The van der Waals surface area contributed by atoms with Gasteiger partial charge in [0.25, 0.3) is 0 Å². The molecular weight excluding hydrogens is 224 g/mol. The van der Waals surface area contributed by atoms with Gasteiger partial charge >= 0.3 is 0 Å². The molecule has 0 bridgehead atoms. The van der Waals surface area contributed by atoms with Crippen molar-refractivity contribution in [1.29, 1.82) is 0 Å². The number of aliphatic hydroxyl groups excluding tert-OH is 1. The van der Waals surface area contributed by atoms with E-state index in [1.807, 2.05) is 0 Å². The smallest absolute Gasteiger partial charge is 0.0820 e. The van der Waals surface area contributed by atoms with Crippen molar-refractivity contribution in [1.82, 2.24) is 10.2 Å². The van der Waals surface area contributed by atoms with E-state index in [0.717, 1.165) is 39.0 Å². The average Bonchev–Trinajstić information content (AvgIpc) is 2.39. The topological polar surface area (TPSA) is 35.5 Å². The van der Waals surface area contributed by atoms with Gasteiger partial charge in [0.15, 0.2) is 0 Å². The number of fused-ring (bicyclic) bond motifs is 1. The first-order valence-electron chi connectivity index (χ1n) is 6.95. The molecule has 1 saturated heterocycles. The predicted molar refractivity (Wildman–Crippen MR) is 72.6 cm³/mol. The second kappa shape index (κ2) is 5.00. The van der Waals surface area contributed by atoms with Crippen LogP contribution in [0.15, 0.2) is 18.2 Å². The summed E-state index contributed by atoms with van der Waals surface area (Å²) >= 11 is 0. The zero-order chi connectivity index (χ0) is 12.5. The largest absolute Gasteiger partial charge is 0.390 e. The molecule has 0 radical (unpaired) electrons. The van der Waals surface area contributed by atoms with Crippen molar-refractivity contribution < 1.29 is 5.11 Å². The average molecular weight is 246 g/mol. The minimum Gasteiger partial charge on any atom is -0.390 e. The molecule has 2 atom stereocenters. The number of aryl methyl sites for hydroxylation is 1. The van der Waals surface area contributed by atoms with Crippen LogP contribution in [0.3, 0.4) is 0 Å². The molecule has 2 unspecified atom stereocenters. The van der Waals surface area contributed by atoms with Gasteiger partial charge in [-0.05, 0) is 37.4 Å². The number of piperidine rings is 1. The van der Waals surface area contributed by atoms with Gasteiger partial charge in [0.2, 0.25) is 0 Å². The van der Waals surface area contributed by atoms with Crippen molar-refractivity contribution in [2.24, 2.45) is 0 Å². The van der Waals surface area contributed by atoms with Gasteiger partial charge in [0.05, 0.1) is 6.10 Å². The van der Waals surface area contributed by atoms with Crippen LogP contribution in [0, 0.1) is 6.92 Å². The van der Waals surface area contributed by atoms with Crippen molar-refractivity contribution in [2.75, 3.05) is 19.6 Å². The van der Waals surface area contributed by atoms with Gasteiger partial charge in [0.1, 0.15) is 0 Å². The van der Waals surface area contributed by atoms with E-state index in [1.54, 1.807) is 0 Å². The lowest BCUT2D eigenvalue weighted by Crippen LogP contribution is -2.53. The lowest BCUT2D eigenvalue weighted by Gasteiger charge is -2.40. The summed E-state index contributed by atoms with van der Waals surface area (Å²) in [6, 6.07) is 7.09. The Morgan fingerprint density at radius 2 is 2.22 bits per heavy atom. The number of β-amino-alcohol motifs (C(OH)–C–C–N with tert-alkyl or cyclic N) is 1. The molecular formula is C15H22N2O. The van der Waals surface area contributed by atoms with E-state index in [9.17, 15) is 5.11 Å². The number of nitrogens with one attached hydrogen (secondary N) is 1. The van der Waals surface area contributed by atoms with Crippen LogP contribution in [0.4, 0.5) is 0 Å². The lowest BCUT2D eigenvalue weighted by atomic mass is 9.93. The molecule has 98 valence electrons. The third-order valence-electron chi connectivity index (χ3n) is 4.29. The highest BCUT2D eigenvalue weighted by molar-refractivity contribution is 5.33. The zero-order valence-electron chi connectivity index (χ0n) is 11.0. The Morgan fingerprint density at radius 1 is 1.33 bits per heavy atom. The second-order valence-electron chi connectivity index (χ2n) is 5.62. The van der Waals surface area contributed by atoms with Crippen LogP contribution in [0.1, 0.15) is 23.1 Å². The SMILES string of the molecule is Cc1ccc2c(c1)CCN(C1CCNCC1O)C2. The van der Waals surface area contributed by atoms with Gasteiger partial charge in [0, 0.05) is 25.7 Å². The fourth-order valence-electron chi connectivity index (χ4n) is 3.24. The van der Waals surface area contributed by atoms with Crippen molar-refractivity contribution in [2.45, 2.75) is 38.5 Å². The van der Waals surface area contributed by atoms with Gasteiger partial charge in [-0.25, -0.2) is 0 Å². The highest BCUT2D eigenvalue weighted by atomic mass is 16.3. The third kappa shape index (κ3) is 2.30. The molecule has 1 aromatic rings. The predicted octanol–water partition coefficient (Wildman–Crippen LogP) is 1.08. The molecule has 3 heteroatoms. The highest BCUT2D eigenvalue weighted by Gasteiger charge is 2.30. The molecule has 2 aliphatic heterocycles. The maximum Gasteiger partial charge on any atom is 0.0820 e. The normalized spacial score (nSPS) is 29.0. The maximum atomic E-state index is 10.1. The molecule has 0 aromatic heterocycles. The summed E-state index contributed by atoms with van der Waals surface area (Å²) in [5.41, 5.74) is 4.29. The monoisotopic (exact) mass is 246 g/mol. The van der Waals surface area contributed by atoms with Crippen LogP contribution in [0.5, 0.6) is 0 Å². The van der Waals surface area contributed by atoms with Crippen molar-refractivity contribution in [3.63, 3.8) is 0 Å². The minimum absolute atomic E-state index is 0.217. The Morgan fingerprint density at radius 3 is 3.06 bits per heavy atom. The van der Waals surface area contributed by atoms with Crippen molar-refractivity contribution in [3.05, 3.63) is 34.9 Å². The molecule has 2 N–H and O–H groups in total. The first-order chi connectivity index (χ1) is 8.74. The summed E-state index contributed by atoms with van der Waals surface area (Å²) in [6.07, 6.45) is 1.96. The second-order valence-corrected chi connectivity index (χ2v) is 5.62. The third-order valence-corrected chi connectivity index (χ3v) is 4.29. The quantitative estimate of drug-likeness (QED) is 0.778. The van der Waals surface area contributed by atoms with Crippen LogP contribution >= 0.6 is 0 Å². The fourth-order valence-corrected chi connectivity index (χ4v) is 3.24. The molecule has 3 nitrogen and oxygen atoms in total. The summed E-state index contributed by atoms with van der Waals surface area (Å²) in [7, 11) is 0. The van der Waals surface area contributed by atoms with E-state index in [2.05, 4.69) is 35.3 Å². The summed E-state index contributed by atoms with van der Waals surface area (Å²) in [5, 5.41) is 13.4. The van der Waals surface area contributed by atoms with Crippen molar-refractivity contribution in [3.8, 4) is 0 Å². The van der Waals surface area contributed by atoms with Crippen LogP contribution in [0.2, 0.25) is 0 Å². The van der Waals surface area contributed by atoms with E-state index in [0.29, 0.717) is 6.04 Å². The summed E-state index contributed by atoms with van der Waals surface area (Å²) in [5.74, 6) is 0. The maximum absolute atomic E-state index is 10.1. The number of hydrogen-bond acceptors (Lipinski definition) is 3. The molecule has 2 aliphatic rings. The Labute approximate surface area is 109 Å². The Kier molecular flexibility index (Phi) is 3.37. The Balaban J connectivity index is 1.76. The van der Waals surface area contributed by atoms with E-state index in [4.69, 9.17) is 0 Å². The van der Waals surface area contributed by atoms with Crippen LogP contribution in [0.25, 0.3) is 0 Å². The van der Waals surface area contributed by atoms with Crippen LogP contribution < -0.4 is 5.32 Å². The first-order valence-corrected chi connectivity index (χ1v) is 6.95. The summed E-state index contributed by atoms with van der Waals surface area (Å²) in [4.78, 5) is 2.46. The highest BCUT2D eigenvalue weighted by Crippen LogP contribution is 2.24. The van der Waals surface area contributed by atoms with E-state index in [-0.39, 0.29) is 6.10 Å². The summed E-state index contributed by atoms with van der Waals surface area (Å²) in [6.45, 7) is 6.00. The van der Waals surface area contributed by atoms with Crippen molar-refractivity contribution >= 4 is 0 Å². The van der Waals surface area contributed by atoms with Gasteiger partial charge in [-0.15, -0.1) is 0 Å². The Hall–Kier alpha value is -0.900. The Bertz CT molecular complexity index is 433. The molecule has 0 aliphatic carbocycles. The summed E-state index contributed by atoms with van der Waals surface area (Å²) < 4.78 is 0. The standard InChI is InChI=1S/C15H22N2O/c1-11-2-3-13-10-17(7-5-12(13)8-11)14-4-6-16-9-15(14)18/h2-3,8,14-16,18H,4-7,9-10H2,1H3. The number of nitrogens with zero attached hydrogens (tertiary/aromatic N) is 1. The van der Waals surface area contributed by atoms with Gasteiger partial charge < -0.3 is 10.4 Å². The number of hydrogen-bond donors (Lipinski definition) is 2. The number of benzene rings is 1.